The van der Waals surface area contributed by atoms with Gasteiger partial charge in [0.1, 0.15) is 0 Å². The minimum Gasteiger partial charge on any atom is -0.466 e. The highest BCUT2D eigenvalue weighted by Crippen LogP contribution is 2.16. The molecule has 0 aromatic carbocycles. The van der Waals surface area contributed by atoms with E-state index in [4.69, 9.17) is 4.74 Å². The summed E-state index contributed by atoms with van der Waals surface area (Å²) in [6.07, 6.45) is 5.29. The van der Waals surface area contributed by atoms with E-state index in [0.717, 1.165) is 31.0 Å². The number of esters is 1. The maximum absolute atomic E-state index is 11.5. The van der Waals surface area contributed by atoms with Crippen molar-refractivity contribution in [2.45, 2.75) is 26.2 Å². The van der Waals surface area contributed by atoms with Gasteiger partial charge in [0, 0.05) is 18.7 Å². The summed E-state index contributed by atoms with van der Waals surface area (Å²) in [5.74, 6) is 0.591. The first-order valence-corrected chi connectivity index (χ1v) is 7.21. The molecule has 0 N–H and O–H groups in total. The number of ether oxygens (including phenoxy) is 1. The maximum atomic E-state index is 11.5. The predicted molar refractivity (Wildman–Crippen MR) is 78.1 cm³/mol. The van der Waals surface area contributed by atoms with E-state index in [1.807, 2.05) is 13.0 Å². The number of carbonyl (C=O) groups excluding carboxylic acids is 1. The predicted octanol–water partition coefficient (Wildman–Crippen LogP) is 1.77. The first-order chi connectivity index (χ1) is 9.06. The largest absolute Gasteiger partial charge is 0.466 e. The van der Waals surface area contributed by atoms with E-state index in [0.29, 0.717) is 0 Å². The summed E-state index contributed by atoms with van der Waals surface area (Å²) in [5.41, 5.74) is 0.776. The topological polar surface area (TPSA) is 32.8 Å². The van der Waals surface area contributed by atoms with E-state index in [9.17, 15) is 4.79 Å². The molecule has 110 valence electrons. The van der Waals surface area contributed by atoms with E-state index < -0.39 is 0 Å². The van der Waals surface area contributed by atoms with Gasteiger partial charge in [0.05, 0.1) is 7.11 Å². The van der Waals surface area contributed by atoms with Crippen LogP contribution in [-0.4, -0.2) is 63.2 Å². The van der Waals surface area contributed by atoms with Gasteiger partial charge in [0.15, 0.2) is 0 Å². The van der Waals surface area contributed by atoms with Gasteiger partial charge in [-0.25, -0.2) is 4.79 Å². The van der Waals surface area contributed by atoms with Crippen molar-refractivity contribution in [3.05, 3.63) is 11.6 Å². The minimum absolute atomic E-state index is 0.199. The second-order valence-corrected chi connectivity index (χ2v) is 5.54. The Kier molecular flexibility index (Phi) is 7.10. The molecule has 1 heterocycles. The lowest BCUT2D eigenvalue weighted by atomic mass is 9.97. The quantitative estimate of drug-likeness (QED) is 0.543. The van der Waals surface area contributed by atoms with Gasteiger partial charge < -0.3 is 14.5 Å². The summed E-state index contributed by atoms with van der Waals surface area (Å²) in [6.45, 7) is 6.33. The van der Waals surface area contributed by atoms with Crippen LogP contribution in [0, 0.1) is 5.92 Å². The highest BCUT2D eigenvalue weighted by molar-refractivity contribution is 5.88. The molecule has 0 aromatic heterocycles. The molecule has 4 nitrogen and oxygen atoms in total. The van der Waals surface area contributed by atoms with Crippen molar-refractivity contribution in [1.29, 1.82) is 0 Å². The number of hydrogen-bond donors (Lipinski definition) is 0. The number of piperidine rings is 1. The van der Waals surface area contributed by atoms with E-state index in [1.54, 1.807) is 0 Å². The fraction of sp³-hybridized carbons (Fsp3) is 0.800. The Morgan fingerprint density at radius 2 is 2.05 bits per heavy atom. The summed E-state index contributed by atoms with van der Waals surface area (Å²) < 4.78 is 4.77. The Bertz CT molecular complexity index is 307. The molecule has 0 aromatic rings. The lowest BCUT2D eigenvalue weighted by Gasteiger charge is -2.31. The number of likely N-dealkylation sites (N-methyl/N-ethyl adjacent to an activating group) is 1. The van der Waals surface area contributed by atoms with Crippen molar-refractivity contribution < 1.29 is 9.53 Å². The van der Waals surface area contributed by atoms with E-state index in [-0.39, 0.29) is 5.97 Å². The molecule has 0 atom stereocenters. The Morgan fingerprint density at radius 1 is 1.42 bits per heavy atom. The zero-order valence-electron chi connectivity index (χ0n) is 12.8. The van der Waals surface area contributed by atoms with Crippen molar-refractivity contribution in [2.75, 3.05) is 47.4 Å². The minimum atomic E-state index is -0.199. The first kappa shape index (κ1) is 16.2. The fourth-order valence-electron chi connectivity index (χ4n) is 2.53. The smallest absolute Gasteiger partial charge is 0.333 e. The molecule has 19 heavy (non-hydrogen) atoms. The van der Waals surface area contributed by atoms with Crippen LogP contribution in [0.3, 0.4) is 0 Å². The van der Waals surface area contributed by atoms with Crippen LogP contribution >= 0.6 is 0 Å². The molecule has 4 heteroatoms. The third-order valence-electron chi connectivity index (χ3n) is 3.89. The molecule has 0 amide bonds. The lowest BCUT2D eigenvalue weighted by Crippen LogP contribution is -2.35. The summed E-state index contributed by atoms with van der Waals surface area (Å²) >= 11 is 0. The number of carbonyl (C=O) groups is 1. The third kappa shape index (κ3) is 5.74. The van der Waals surface area contributed by atoms with Crippen LogP contribution in [0.1, 0.15) is 26.2 Å². The second-order valence-electron chi connectivity index (χ2n) is 5.54. The summed E-state index contributed by atoms with van der Waals surface area (Å²) in [6, 6.07) is 0. The van der Waals surface area contributed by atoms with Crippen LogP contribution in [-0.2, 0) is 9.53 Å². The number of nitrogens with zero attached hydrogens (tertiary/aromatic N) is 2. The van der Waals surface area contributed by atoms with Crippen molar-refractivity contribution in [3.63, 3.8) is 0 Å². The van der Waals surface area contributed by atoms with Crippen molar-refractivity contribution >= 4 is 5.97 Å². The van der Waals surface area contributed by atoms with E-state index in [2.05, 4.69) is 23.9 Å². The zero-order chi connectivity index (χ0) is 14.3. The monoisotopic (exact) mass is 268 g/mol. The van der Waals surface area contributed by atoms with Gasteiger partial charge >= 0.3 is 5.97 Å². The van der Waals surface area contributed by atoms with Gasteiger partial charge in [0.2, 0.25) is 0 Å². The van der Waals surface area contributed by atoms with E-state index >= 15 is 0 Å². The highest BCUT2D eigenvalue weighted by atomic mass is 16.5. The fourth-order valence-corrected chi connectivity index (χ4v) is 2.53. The molecule has 1 saturated heterocycles. The molecule has 0 spiro atoms. The van der Waals surface area contributed by atoms with Gasteiger partial charge in [-0.05, 0) is 52.4 Å². The third-order valence-corrected chi connectivity index (χ3v) is 3.89. The van der Waals surface area contributed by atoms with Crippen molar-refractivity contribution in [2.24, 2.45) is 5.92 Å². The van der Waals surface area contributed by atoms with Crippen molar-refractivity contribution in [1.82, 2.24) is 9.80 Å². The SMILES string of the molecule is CCC(=CCN(C)CC1CCN(C)CC1)C(=O)OC. The van der Waals surface area contributed by atoms with Gasteiger partial charge in [-0.3, -0.25) is 0 Å². The summed E-state index contributed by atoms with van der Waals surface area (Å²) in [5, 5.41) is 0. The van der Waals surface area contributed by atoms with Crippen LogP contribution in [0.25, 0.3) is 0 Å². The highest BCUT2D eigenvalue weighted by Gasteiger charge is 2.17. The van der Waals surface area contributed by atoms with Crippen LogP contribution < -0.4 is 0 Å². The Balaban J connectivity index is 2.36. The Hall–Kier alpha value is -0.870. The zero-order valence-corrected chi connectivity index (χ0v) is 12.8. The van der Waals surface area contributed by atoms with Gasteiger partial charge in [0.25, 0.3) is 0 Å². The van der Waals surface area contributed by atoms with Gasteiger partial charge in [-0.1, -0.05) is 13.0 Å². The molecule has 1 fully saturated rings. The molecule has 0 aliphatic carbocycles. The average Bonchev–Trinajstić information content (AvgIpc) is 2.41. The molecule has 1 rings (SSSR count). The maximum Gasteiger partial charge on any atom is 0.333 e. The first-order valence-electron chi connectivity index (χ1n) is 7.21. The Morgan fingerprint density at radius 3 is 2.58 bits per heavy atom. The molecule has 1 aliphatic rings. The molecule has 0 saturated carbocycles. The molecule has 1 aliphatic heterocycles. The van der Waals surface area contributed by atoms with Crippen molar-refractivity contribution in [3.8, 4) is 0 Å². The van der Waals surface area contributed by atoms with Crippen LogP contribution in [0.4, 0.5) is 0 Å². The average molecular weight is 268 g/mol. The summed E-state index contributed by atoms with van der Waals surface area (Å²) in [7, 11) is 5.75. The van der Waals surface area contributed by atoms with Crippen LogP contribution in [0.2, 0.25) is 0 Å². The molecule has 0 unspecified atom stereocenters. The molecular formula is C15H28N2O2. The number of methoxy groups -OCH3 is 1. The second kappa shape index (κ2) is 8.33. The summed E-state index contributed by atoms with van der Waals surface area (Å²) in [4.78, 5) is 16.2. The molecule has 0 bridgehead atoms. The normalized spacial score (nSPS) is 18.9. The van der Waals surface area contributed by atoms with E-state index in [1.165, 1.54) is 33.0 Å². The number of likely N-dealkylation sites (tertiary alicyclic amines) is 1. The number of rotatable bonds is 6. The van der Waals surface area contributed by atoms with Crippen LogP contribution in [0.5, 0.6) is 0 Å². The number of hydrogen-bond acceptors (Lipinski definition) is 4. The standard InChI is InChI=1S/C15H28N2O2/c1-5-14(15(18)19-4)8-11-17(3)12-13-6-9-16(2)10-7-13/h8,13H,5-7,9-12H2,1-4H3. The lowest BCUT2D eigenvalue weighted by molar-refractivity contribution is -0.136. The van der Waals surface area contributed by atoms with Gasteiger partial charge in [-0.15, -0.1) is 0 Å². The van der Waals surface area contributed by atoms with Crippen LogP contribution in [0.15, 0.2) is 11.6 Å². The Labute approximate surface area is 117 Å². The molecular weight excluding hydrogens is 240 g/mol. The van der Waals surface area contributed by atoms with Gasteiger partial charge in [-0.2, -0.15) is 0 Å². The molecule has 0 radical (unpaired) electrons.